The number of hydrogen-bond acceptors (Lipinski definition) is 3. The Labute approximate surface area is 127 Å². The van der Waals surface area contributed by atoms with Crippen molar-refractivity contribution < 1.29 is 14.7 Å². The molecule has 1 fully saturated rings. The van der Waals surface area contributed by atoms with E-state index in [1.807, 2.05) is 0 Å². The molecule has 0 saturated carbocycles. The first kappa shape index (κ1) is 17.8. The molecule has 2 N–H and O–H groups in total. The van der Waals surface area contributed by atoms with E-state index in [1.54, 1.807) is 4.90 Å². The zero-order valence-electron chi connectivity index (χ0n) is 13.3. The Morgan fingerprint density at radius 2 is 2.10 bits per heavy atom. The van der Waals surface area contributed by atoms with Crippen LogP contribution in [0.15, 0.2) is 0 Å². The molecule has 0 radical (unpaired) electrons. The number of carboxylic acid groups (broad SMARTS) is 1. The van der Waals surface area contributed by atoms with Gasteiger partial charge in [0.05, 0.1) is 0 Å². The maximum absolute atomic E-state index is 12.1. The number of urea groups is 1. The lowest BCUT2D eigenvalue weighted by Gasteiger charge is -2.32. The van der Waals surface area contributed by atoms with Crippen molar-refractivity contribution in [3.63, 3.8) is 0 Å². The number of likely N-dealkylation sites (N-methyl/N-ethyl adjacent to an activating group) is 1. The minimum absolute atomic E-state index is 0.0577. The van der Waals surface area contributed by atoms with Crippen LogP contribution in [0.4, 0.5) is 4.79 Å². The Morgan fingerprint density at radius 1 is 1.33 bits per heavy atom. The average molecular weight is 299 g/mol. The molecule has 6 nitrogen and oxygen atoms in total. The molecule has 0 aromatic rings. The third-order valence-corrected chi connectivity index (χ3v) is 3.96. The lowest BCUT2D eigenvalue weighted by molar-refractivity contribution is -0.138. The Morgan fingerprint density at radius 3 is 2.71 bits per heavy atom. The van der Waals surface area contributed by atoms with Gasteiger partial charge in [-0.15, -0.1) is 0 Å². The van der Waals surface area contributed by atoms with Crippen LogP contribution >= 0.6 is 0 Å². The maximum atomic E-state index is 12.1. The zero-order valence-corrected chi connectivity index (χ0v) is 13.3. The topological polar surface area (TPSA) is 72.9 Å². The Kier molecular flexibility index (Phi) is 8.12. The van der Waals surface area contributed by atoms with Gasteiger partial charge in [0.15, 0.2) is 0 Å². The summed E-state index contributed by atoms with van der Waals surface area (Å²) >= 11 is 0. The van der Waals surface area contributed by atoms with E-state index in [4.69, 9.17) is 5.11 Å². The molecule has 1 saturated heterocycles. The van der Waals surface area contributed by atoms with Gasteiger partial charge in [0.2, 0.25) is 0 Å². The van der Waals surface area contributed by atoms with Gasteiger partial charge in [-0.05, 0) is 38.3 Å². The van der Waals surface area contributed by atoms with E-state index >= 15 is 0 Å². The number of piperidine rings is 1. The fourth-order valence-electron chi connectivity index (χ4n) is 2.84. The van der Waals surface area contributed by atoms with E-state index in [0.717, 1.165) is 45.4 Å². The van der Waals surface area contributed by atoms with E-state index in [-0.39, 0.29) is 18.4 Å². The van der Waals surface area contributed by atoms with Crippen LogP contribution in [0.2, 0.25) is 0 Å². The fraction of sp³-hybridized carbons (Fsp3) is 0.867. The third kappa shape index (κ3) is 6.80. The highest BCUT2D eigenvalue weighted by Crippen LogP contribution is 2.19. The summed E-state index contributed by atoms with van der Waals surface area (Å²) in [5.41, 5.74) is 0. The third-order valence-electron chi connectivity index (χ3n) is 3.96. The molecule has 122 valence electrons. The number of aliphatic carboxylic acids is 1. The van der Waals surface area contributed by atoms with E-state index in [1.165, 1.54) is 0 Å². The van der Waals surface area contributed by atoms with Crippen LogP contribution < -0.4 is 5.32 Å². The smallest absolute Gasteiger partial charge is 0.317 e. The first-order valence-electron chi connectivity index (χ1n) is 8.03. The van der Waals surface area contributed by atoms with Gasteiger partial charge >= 0.3 is 12.0 Å². The van der Waals surface area contributed by atoms with Gasteiger partial charge in [0.25, 0.3) is 0 Å². The van der Waals surface area contributed by atoms with Gasteiger partial charge in [-0.2, -0.15) is 0 Å². The van der Waals surface area contributed by atoms with Gasteiger partial charge in [-0.1, -0.05) is 13.8 Å². The monoisotopic (exact) mass is 299 g/mol. The predicted molar refractivity (Wildman–Crippen MR) is 82.4 cm³/mol. The highest BCUT2D eigenvalue weighted by molar-refractivity contribution is 5.74. The molecule has 1 heterocycles. The molecule has 2 amide bonds. The first-order chi connectivity index (χ1) is 10.1. The minimum atomic E-state index is -0.777. The number of carbonyl (C=O) groups excluding carboxylic acids is 1. The number of hydrogen-bond donors (Lipinski definition) is 2. The molecule has 0 aliphatic carbocycles. The van der Waals surface area contributed by atoms with Gasteiger partial charge < -0.3 is 20.2 Å². The average Bonchev–Trinajstić information content (AvgIpc) is 2.45. The second-order valence-electron chi connectivity index (χ2n) is 5.72. The predicted octanol–water partition coefficient (Wildman–Crippen LogP) is 1.61. The number of likely N-dealkylation sites (tertiary alicyclic amines) is 1. The molecule has 0 bridgehead atoms. The van der Waals surface area contributed by atoms with E-state index < -0.39 is 5.97 Å². The molecule has 6 heteroatoms. The molecular formula is C15H29N3O3. The van der Waals surface area contributed by atoms with Crippen LogP contribution in [0.1, 0.15) is 39.5 Å². The van der Waals surface area contributed by atoms with Gasteiger partial charge in [0, 0.05) is 32.6 Å². The Bertz CT molecular complexity index is 336. The normalized spacial score (nSPS) is 18.8. The lowest BCUT2D eigenvalue weighted by atomic mass is 9.95. The summed E-state index contributed by atoms with van der Waals surface area (Å²) in [5.74, 6) is -0.686. The molecule has 0 aromatic carbocycles. The number of carboxylic acids is 1. The quantitative estimate of drug-likeness (QED) is 0.714. The standard InChI is InChI=1S/C15H29N3O3/c1-3-8-17(4-2)10-7-16-15(21)18-9-5-6-13(12-18)11-14(19)20/h13H,3-12H2,1-2H3,(H,16,21)(H,19,20). The van der Waals surface area contributed by atoms with Gasteiger partial charge in [-0.25, -0.2) is 4.79 Å². The summed E-state index contributed by atoms with van der Waals surface area (Å²) in [7, 11) is 0. The van der Waals surface area contributed by atoms with Crippen molar-refractivity contribution in [2.45, 2.75) is 39.5 Å². The summed E-state index contributed by atoms with van der Waals surface area (Å²) in [6.07, 6.45) is 3.06. The van der Waals surface area contributed by atoms with E-state index in [9.17, 15) is 9.59 Å². The van der Waals surface area contributed by atoms with Gasteiger partial charge in [0.1, 0.15) is 0 Å². The van der Waals surface area contributed by atoms with Crippen molar-refractivity contribution >= 4 is 12.0 Å². The van der Waals surface area contributed by atoms with E-state index in [2.05, 4.69) is 24.1 Å². The number of rotatable bonds is 8. The number of amides is 2. The summed E-state index contributed by atoms with van der Waals surface area (Å²) in [4.78, 5) is 26.9. The Balaban J connectivity index is 2.29. The maximum Gasteiger partial charge on any atom is 0.317 e. The highest BCUT2D eigenvalue weighted by atomic mass is 16.4. The van der Waals surface area contributed by atoms with Crippen LogP contribution in [0.5, 0.6) is 0 Å². The minimum Gasteiger partial charge on any atom is -0.481 e. The molecule has 1 aliphatic rings. The number of nitrogens with zero attached hydrogens (tertiary/aromatic N) is 2. The van der Waals surface area contributed by atoms with Crippen molar-refractivity contribution in [3.8, 4) is 0 Å². The largest absolute Gasteiger partial charge is 0.481 e. The van der Waals surface area contributed by atoms with Crippen LogP contribution in [0, 0.1) is 5.92 Å². The molecule has 1 aliphatic heterocycles. The van der Waals surface area contributed by atoms with Crippen LogP contribution in [-0.4, -0.2) is 66.2 Å². The van der Waals surface area contributed by atoms with Crippen molar-refractivity contribution in [1.82, 2.24) is 15.1 Å². The molecular weight excluding hydrogens is 270 g/mol. The van der Waals surface area contributed by atoms with Crippen molar-refractivity contribution in [3.05, 3.63) is 0 Å². The van der Waals surface area contributed by atoms with E-state index in [0.29, 0.717) is 13.1 Å². The molecule has 1 atom stereocenters. The molecule has 0 aromatic heterocycles. The summed E-state index contributed by atoms with van der Waals surface area (Å²) in [6, 6.07) is -0.0577. The molecule has 0 spiro atoms. The van der Waals surface area contributed by atoms with Crippen molar-refractivity contribution in [2.24, 2.45) is 5.92 Å². The van der Waals surface area contributed by atoms with Crippen LogP contribution in [0.25, 0.3) is 0 Å². The summed E-state index contributed by atoms with van der Waals surface area (Å²) < 4.78 is 0. The lowest BCUT2D eigenvalue weighted by Crippen LogP contribution is -2.47. The fourth-order valence-corrected chi connectivity index (χ4v) is 2.84. The Hall–Kier alpha value is -1.30. The number of carbonyl (C=O) groups is 2. The second-order valence-corrected chi connectivity index (χ2v) is 5.72. The van der Waals surface area contributed by atoms with Gasteiger partial charge in [-0.3, -0.25) is 4.79 Å². The molecule has 1 rings (SSSR count). The zero-order chi connectivity index (χ0) is 15.7. The van der Waals surface area contributed by atoms with Crippen molar-refractivity contribution in [1.29, 1.82) is 0 Å². The number of nitrogens with one attached hydrogen (secondary N) is 1. The molecule has 1 unspecified atom stereocenters. The first-order valence-corrected chi connectivity index (χ1v) is 8.03. The summed E-state index contributed by atoms with van der Waals surface area (Å²) in [6.45, 7) is 9.12. The highest BCUT2D eigenvalue weighted by Gasteiger charge is 2.24. The SMILES string of the molecule is CCCN(CC)CCNC(=O)N1CCCC(CC(=O)O)C1. The summed E-state index contributed by atoms with van der Waals surface area (Å²) in [5, 5.41) is 11.8. The van der Waals surface area contributed by atoms with Crippen LogP contribution in [-0.2, 0) is 4.79 Å². The van der Waals surface area contributed by atoms with Crippen molar-refractivity contribution in [2.75, 3.05) is 39.3 Å². The molecule has 21 heavy (non-hydrogen) atoms. The van der Waals surface area contributed by atoms with Crippen LogP contribution in [0.3, 0.4) is 0 Å². The second kappa shape index (κ2) is 9.60.